The van der Waals surface area contributed by atoms with Crippen molar-refractivity contribution in [3.63, 3.8) is 0 Å². The molecule has 3 N–H and O–H groups in total. The van der Waals surface area contributed by atoms with Crippen molar-refractivity contribution in [2.24, 2.45) is 40.5 Å². The van der Waals surface area contributed by atoms with E-state index in [0.29, 0.717) is 76.4 Å². The molecule has 14 heteroatoms. The van der Waals surface area contributed by atoms with E-state index < -0.39 is 72.0 Å². The maximum Gasteiger partial charge on any atom is 0.329 e. The van der Waals surface area contributed by atoms with Gasteiger partial charge in [0.2, 0.25) is 5.79 Å². The first-order valence-electron chi connectivity index (χ1n) is 25.5. The van der Waals surface area contributed by atoms with Crippen LogP contribution in [-0.2, 0) is 42.8 Å². The van der Waals surface area contributed by atoms with Gasteiger partial charge in [-0.1, -0.05) is 71.1 Å². The first kappa shape index (κ1) is 57.5. The highest BCUT2D eigenvalue weighted by atomic mass is 16.6. The molecule has 68 heavy (non-hydrogen) atoms. The molecule has 0 spiro atoms. The van der Waals surface area contributed by atoms with E-state index in [9.17, 15) is 29.7 Å². The minimum absolute atomic E-state index is 0.00197. The van der Waals surface area contributed by atoms with Crippen LogP contribution in [0, 0.1) is 35.5 Å². The third-order valence-corrected chi connectivity index (χ3v) is 15.3. The molecule has 3 heterocycles. The Morgan fingerprint density at radius 1 is 0.868 bits per heavy atom. The summed E-state index contributed by atoms with van der Waals surface area (Å²) in [7, 11) is 6.56. The van der Waals surface area contributed by atoms with Crippen LogP contribution in [0.4, 0.5) is 0 Å². The second-order valence-corrected chi connectivity index (χ2v) is 20.5. The van der Waals surface area contributed by atoms with E-state index in [4.69, 9.17) is 28.4 Å². The van der Waals surface area contributed by atoms with Crippen molar-refractivity contribution in [2.45, 2.75) is 193 Å². The molecule has 0 aromatic carbocycles. The fraction of sp³-hybridized carbons (Fsp3) is 0.778. The number of ketones is 1. The Labute approximate surface area is 408 Å². The molecule has 4 rings (SSSR count). The Balaban J connectivity index is 1.76. The van der Waals surface area contributed by atoms with Crippen molar-refractivity contribution in [3.8, 4) is 0 Å². The third kappa shape index (κ3) is 15.2. The first-order chi connectivity index (χ1) is 32.3. The molecule has 0 unspecified atom stereocenters. The van der Waals surface area contributed by atoms with E-state index in [1.165, 1.54) is 4.90 Å². The van der Waals surface area contributed by atoms with E-state index in [1.54, 1.807) is 35.3 Å². The van der Waals surface area contributed by atoms with Gasteiger partial charge in [0.15, 0.2) is 0 Å². The van der Waals surface area contributed by atoms with Gasteiger partial charge in [0, 0.05) is 71.9 Å². The Morgan fingerprint density at radius 2 is 1.60 bits per heavy atom. The zero-order chi connectivity index (χ0) is 50.3. The molecule has 1 saturated carbocycles. The van der Waals surface area contributed by atoms with E-state index in [1.807, 2.05) is 58.1 Å². The number of aliphatic hydroxyl groups excluding tert-OH is 2. The van der Waals surface area contributed by atoms with Crippen LogP contribution in [0.15, 0.2) is 52.6 Å². The smallest absolute Gasteiger partial charge is 0.329 e. The van der Waals surface area contributed by atoms with Crippen molar-refractivity contribution in [1.82, 2.24) is 4.90 Å². The van der Waals surface area contributed by atoms with E-state index in [0.717, 1.165) is 24.1 Å². The number of carbonyl (C=O) groups is 3. The number of piperidine rings is 1. The number of amides is 1. The molecule has 3 aliphatic heterocycles. The number of rotatable bonds is 8. The topological polar surface area (TPSA) is 183 Å². The van der Waals surface area contributed by atoms with Gasteiger partial charge in [-0.25, -0.2) is 4.79 Å². The Kier molecular flexibility index (Phi) is 23.3. The average molecular weight is 957 g/mol. The number of carbonyl (C=O) groups excluding carboxylic acids is 3. The van der Waals surface area contributed by atoms with Gasteiger partial charge in [0.25, 0.3) is 11.7 Å². The van der Waals surface area contributed by atoms with Gasteiger partial charge >= 0.3 is 5.97 Å². The Bertz CT molecular complexity index is 1780. The number of aliphatic hydroxyl groups is 3. The Morgan fingerprint density at radius 3 is 2.26 bits per heavy atom. The summed E-state index contributed by atoms with van der Waals surface area (Å²) in [5, 5.41) is 34.5. The highest BCUT2D eigenvalue weighted by Crippen LogP contribution is 2.38. The van der Waals surface area contributed by atoms with Crippen LogP contribution in [0.3, 0.4) is 0 Å². The molecule has 0 aromatic rings. The fourth-order valence-corrected chi connectivity index (χ4v) is 11.0. The number of aliphatic imine (C=N–C) groups is 1. The molecular weight excluding hydrogens is 869 g/mol. The summed E-state index contributed by atoms with van der Waals surface area (Å²) in [6.45, 7) is 16.3. The lowest BCUT2D eigenvalue weighted by atomic mass is 9.78. The maximum absolute atomic E-state index is 14.6. The highest BCUT2D eigenvalue weighted by Gasteiger charge is 2.53. The van der Waals surface area contributed by atoms with Crippen LogP contribution in [0.25, 0.3) is 0 Å². The number of hydrogen-bond donors (Lipinski definition) is 3. The van der Waals surface area contributed by atoms with Crippen LogP contribution in [0.5, 0.6) is 0 Å². The van der Waals surface area contributed by atoms with Crippen LogP contribution in [-0.4, -0.2) is 146 Å². The molecule has 386 valence electrons. The number of ether oxygens (including phenoxy) is 6. The van der Waals surface area contributed by atoms with Crippen molar-refractivity contribution < 1.29 is 58.1 Å². The summed E-state index contributed by atoms with van der Waals surface area (Å²) < 4.78 is 36.7. The number of hydrogen-bond acceptors (Lipinski definition) is 13. The minimum Gasteiger partial charge on any atom is -0.460 e. The predicted molar refractivity (Wildman–Crippen MR) is 264 cm³/mol. The summed E-state index contributed by atoms with van der Waals surface area (Å²) in [5.41, 5.74) is 2.39. The third-order valence-electron chi connectivity index (χ3n) is 15.3. The molecule has 3 fully saturated rings. The van der Waals surface area contributed by atoms with Crippen LogP contribution in [0.1, 0.15) is 132 Å². The number of Topliss-reactive ketones (excluding diaryl/α,β-unsaturated/α-hetero) is 1. The average Bonchev–Trinajstić information content (AvgIpc) is 3.32. The van der Waals surface area contributed by atoms with Gasteiger partial charge < -0.3 is 48.6 Å². The number of cyclic esters (lactones) is 1. The summed E-state index contributed by atoms with van der Waals surface area (Å²) >= 11 is 0. The zero-order valence-electron chi connectivity index (χ0n) is 43.4. The SMILES string of the molecule is CCO[C@@H]1C[C@@H]([C@H](C)C[C@@H]2CC[C@@H](O)[C@H](OC)C2)OC(=O)[C@@H]2CCCCN2C(=O)C(=O)[C@]2(O)O[C@@H](CC[C@H]2C)C[C@H](OC)/C(C)=C/C=C/C=C/[C@@H](C)C[C@@H](C)C(=NC)[C@H](OC)[C@H](O)/C(C)=C/[C@H]1C. The van der Waals surface area contributed by atoms with Crippen molar-refractivity contribution in [1.29, 1.82) is 0 Å². The van der Waals surface area contributed by atoms with Crippen molar-refractivity contribution in [3.05, 3.63) is 47.6 Å². The lowest BCUT2D eigenvalue weighted by Crippen LogP contribution is -2.61. The summed E-state index contributed by atoms with van der Waals surface area (Å²) in [4.78, 5) is 49.3. The minimum atomic E-state index is -2.39. The second-order valence-electron chi connectivity index (χ2n) is 20.5. The lowest BCUT2D eigenvalue weighted by Gasteiger charge is -2.43. The molecule has 2 saturated heterocycles. The van der Waals surface area contributed by atoms with Gasteiger partial charge in [0.1, 0.15) is 24.4 Å². The summed E-state index contributed by atoms with van der Waals surface area (Å²) in [6.07, 6.45) is 14.2. The number of methoxy groups -OCH3 is 3. The molecule has 1 amide bonds. The Hall–Kier alpha value is -3.08. The predicted octanol–water partition coefficient (Wildman–Crippen LogP) is 7.52. The molecule has 1 aliphatic carbocycles. The lowest BCUT2D eigenvalue weighted by molar-refractivity contribution is -0.265. The van der Waals surface area contributed by atoms with E-state index >= 15 is 0 Å². The number of fused-ring (bicyclic) bond motifs is 3. The molecule has 14 nitrogen and oxygen atoms in total. The summed E-state index contributed by atoms with van der Waals surface area (Å²) in [5.74, 6) is -5.73. The zero-order valence-corrected chi connectivity index (χ0v) is 43.4. The monoisotopic (exact) mass is 957 g/mol. The molecule has 2 bridgehead atoms. The van der Waals surface area contributed by atoms with E-state index in [2.05, 4.69) is 31.8 Å². The number of nitrogens with zero attached hydrogens (tertiary/aromatic N) is 2. The largest absolute Gasteiger partial charge is 0.460 e. The van der Waals surface area contributed by atoms with Gasteiger partial charge in [-0.2, -0.15) is 0 Å². The maximum atomic E-state index is 14.6. The van der Waals surface area contributed by atoms with Crippen LogP contribution in [0.2, 0.25) is 0 Å². The standard InChI is InChI=1S/C54H88N2O12/c1-13-66-45-32-46(36(5)29-40-23-25-43(57)47(30-40)64-11)67-53(61)42-21-17-18-26-56(42)52(60)51(59)54(62)39(8)22-24-41(68-54)31-44(63-10)34(3)20-16-14-15-19-33(2)27-37(6)48(55-9)50(65-12)49(58)38(7)28-35(45)4/h14-16,19-20,28,33,35-37,39-47,49-50,57-58,62H,13,17-18,21-27,29-32H2,1-12H3/b16-14+,19-15+,34-20+,38-28+,55-48?/t33-,35-,36-,37-,39-,40+,41+,42+,43-,44+,45-,46+,47-,49-,50+,54-/m1/s1. The molecule has 0 radical (unpaired) electrons. The number of esters is 1. The highest BCUT2D eigenvalue weighted by molar-refractivity contribution is 6.39. The van der Waals surface area contributed by atoms with Crippen molar-refractivity contribution in [2.75, 3.05) is 41.5 Å². The van der Waals surface area contributed by atoms with Gasteiger partial charge in [0.05, 0.1) is 30.5 Å². The van der Waals surface area contributed by atoms with Gasteiger partial charge in [-0.05, 0) is 120 Å². The van der Waals surface area contributed by atoms with Crippen LogP contribution < -0.4 is 0 Å². The van der Waals surface area contributed by atoms with Gasteiger partial charge in [-0.3, -0.25) is 14.6 Å². The number of allylic oxidation sites excluding steroid dienone is 5. The molecular formula is C54H88N2O12. The second kappa shape index (κ2) is 27.5. The van der Waals surface area contributed by atoms with Crippen LogP contribution >= 0.6 is 0 Å². The quantitative estimate of drug-likeness (QED) is 0.124. The first-order valence-corrected chi connectivity index (χ1v) is 25.5. The fourth-order valence-electron chi connectivity index (χ4n) is 11.0. The molecule has 4 aliphatic rings. The van der Waals surface area contributed by atoms with E-state index in [-0.39, 0.29) is 48.3 Å². The molecule has 0 aromatic heterocycles. The normalized spacial score (nSPS) is 40.8. The summed E-state index contributed by atoms with van der Waals surface area (Å²) in [6, 6.07) is -1.05. The molecule has 16 atom stereocenters. The van der Waals surface area contributed by atoms with Crippen molar-refractivity contribution >= 4 is 23.4 Å². The van der Waals surface area contributed by atoms with Gasteiger partial charge in [-0.15, -0.1) is 0 Å².